The van der Waals surface area contributed by atoms with Gasteiger partial charge in [0.2, 0.25) is 0 Å². The van der Waals surface area contributed by atoms with Gasteiger partial charge in [-0.3, -0.25) is 4.79 Å². The molecule has 5 heteroatoms. The number of ether oxygens (including phenoxy) is 2. The minimum Gasteiger partial charge on any atom is -0.493 e. The second kappa shape index (κ2) is 9.46. The van der Waals surface area contributed by atoms with Gasteiger partial charge < -0.3 is 14.4 Å². The molecule has 0 unspecified atom stereocenters. The van der Waals surface area contributed by atoms with Gasteiger partial charge in [0.1, 0.15) is 6.54 Å². The molecule has 1 aromatic carbocycles. The first-order valence-electron chi connectivity index (χ1n) is 7.24. The second-order valence-corrected chi connectivity index (χ2v) is 4.67. The number of nitriles is 1. The zero-order valence-corrected chi connectivity index (χ0v) is 13.3. The average molecular weight is 302 g/mol. The van der Waals surface area contributed by atoms with E-state index >= 15 is 0 Å². The molecule has 0 saturated heterocycles. The summed E-state index contributed by atoms with van der Waals surface area (Å²) in [6.07, 6.45) is 4.69. The summed E-state index contributed by atoms with van der Waals surface area (Å²) in [4.78, 5) is 13.6. The average Bonchev–Trinajstić information content (AvgIpc) is 2.53. The lowest BCUT2D eigenvalue weighted by Crippen LogP contribution is -2.35. The van der Waals surface area contributed by atoms with Crippen molar-refractivity contribution in [1.29, 1.82) is 5.26 Å². The molecule has 22 heavy (non-hydrogen) atoms. The molecule has 0 aromatic heterocycles. The molecule has 0 N–H and O–H groups in total. The molecular weight excluding hydrogens is 280 g/mol. The highest BCUT2D eigenvalue weighted by atomic mass is 16.5. The molecule has 0 aliphatic heterocycles. The number of rotatable bonds is 8. The first-order valence-corrected chi connectivity index (χ1v) is 7.24. The molecule has 0 aliphatic carbocycles. The van der Waals surface area contributed by atoms with E-state index in [1.807, 2.05) is 44.2 Å². The van der Waals surface area contributed by atoms with E-state index in [0.717, 1.165) is 12.0 Å². The molecular formula is C17H22N2O3. The summed E-state index contributed by atoms with van der Waals surface area (Å²) in [5.41, 5.74) is 0.995. The predicted molar refractivity (Wildman–Crippen MR) is 85.7 cm³/mol. The van der Waals surface area contributed by atoms with Crippen molar-refractivity contribution < 1.29 is 14.3 Å². The lowest BCUT2D eigenvalue weighted by molar-refractivity contribution is -0.132. The summed E-state index contributed by atoms with van der Waals surface area (Å²) in [6.45, 7) is 4.41. The number of hydrogen-bond acceptors (Lipinski definition) is 4. The third kappa shape index (κ3) is 5.13. The van der Waals surface area contributed by atoms with Crippen LogP contribution in [-0.4, -0.2) is 37.6 Å². The Balaban J connectivity index is 2.74. The van der Waals surface area contributed by atoms with E-state index in [4.69, 9.17) is 14.7 Å². The zero-order valence-electron chi connectivity index (χ0n) is 13.3. The fourth-order valence-corrected chi connectivity index (χ4v) is 1.98. The van der Waals surface area contributed by atoms with E-state index in [2.05, 4.69) is 0 Å². The van der Waals surface area contributed by atoms with E-state index < -0.39 is 0 Å². The largest absolute Gasteiger partial charge is 0.493 e. The first-order chi connectivity index (χ1) is 10.7. The van der Waals surface area contributed by atoms with Crippen LogP contribution >= 0.6 is 0 Å². The minimum absolute atomic E-state index is 0.0768. The lowest BCUT2D eigenvalue weighted by atomic mass is 10.2. The Kier molecular flexibility index (Phi) is 7.55. The minimum atomic E-state index is -0.206. The molecule has 0 spiro atoms. The molecule has 0 radical (unpaired) electrons. The maximum atomic E-state index is 12.1. The van der Waals surface area contributed by atoms with Gasteiger partial charge in [0, 0.05) is 6.54 Å². The maximum Gasteiger partial charge on any atom is 0.261 e. The molecule has 0 saturated carbocycles. The number of allylic oxidation sites excluding steroid dienone is 1. The van der Waals surface area contributed by atoms with E-state index in [1.54, 1.807) is 13.2 Å². The Hall–Kier alpha value is -2.48. The summed E-state index contributed by atoms with van der Waals surface area (Å²) in [7, 11) is 1.56. The smallest absolute Gasteiger partial charge is 0.261 e. The molecule has 0 heterocycles. The van der Waals surface area contributed by atoms with Crippen LogP contribution in [0.25, 0.3) is 6.08 Å². The van der Waals surface area contributed by atoms with Crippen LogP contribution in [0, 0.1) is 11.3 Å². The summed E-state index contributed by atoms with van der Waals surface area (Å²) in [5.74, 6) is 0.881. The highest BCUT2D eigenvalue weighted by Gasteiger charge is 2.14. The number of carbonyl (C=O) groups is 1. The van der Waals surface area contributed by atoms with Gasteiger partial charge in [0.15, 0.2) is 18.1 Å². The van der Waals surface area contributed by atoms with E-state index in [-0.39, 0.29) is 19.1 Å². The molecule has 1 amide bonds. The van der Waals surface area contributed by atoms with Gasteiger partial charge in [0.25, 0.3) is 5.91 Å². The SMILES string of the molecule is C/C=C/c1ccc(OCC(=O)N(CC#N)CCC)c(OC)c1. The van der Waals surface area contributed by atoms with E-state index in [0.29, 0.717) is 18.0 Å². The molecule has 0 bridgehead atoms. The van der Waals surface area contributed by atoms with Crippen molar-refractivity contribution in [1.82, 2.24) is 4.90 Å². The number of carbonyl (C=O) groups excluding carboxylic acids is 1. The van der Waals surface area contributed by atoms with E-state index in [9.17, 15) is 4.79 Å². The predicted octanol–water partition coefficient (Wildman–Crippen LogP) is 2.87. The van der Waals surface area contributed by atoms with Crippen LogP contribution in [0.1, 0.15) is 25.8 Å². The van der Waals surface area contributed by atoms with Crippen LogP contribution < -0.4 is 9.47 Å². The van der Waals surface area contributed by atoms with Crippen LogP contribution in [0.5, 0.6) is 11.5 Å². The third-order valence-corrected chi connectivity index (χ3v) is 3.01. The Morgan fingerprint density at radius 1 is 1.41 bits per heavy atom. The third-order valence-electron chi connectivity index (χ3n) is 3.01. The van der Waals surface area contributed by atoms with Crippen LogP contribution in [0.15, 0.2) is 24.3 Å². The van der Waals surface area contributed by atoms with Crippen LogP contribution in [0.2, 0.25) is 0 Å². The van der Waals surface area contributed by atoms with Crippen LogP contribution in [-0.2, 0) is 4.79 Å². The second-order valence-electron chi connectivity index (χ2n) is 4.67. The van der Waals surface area contributed by atoms with Crippen molar-refractivity contribution in [3.05, 3.63) is 29.8 Å². The summed E-state index contributed by atoms with van der Waals surface area (Å²) < 4.78 is 10.8. The monoisotopic (exact) mass is 302 g/mol. The first kappa shape index (κ1) is 17.6. The van der Waals surface area contributed by atoms with Gasteiger partial charge in [-0.1, -0.05) is 25.1 Å². The fourth-order valence-electron chi connectivity index (χ4n) is 1.98. The number of nitrogens with zero attached hydrogens (tertiary/aromatic N) is 2. The summed E-state index contributed by atoms with van der Waals surface area (Å²) >= 11 is 0. The molecule has 0 fully saturated rings. The zero-order chi connectivity index (χ0) is 16.4. The van der Waals surface area contributed by atoms with Gasteiger partial charge in [-0.05, 0) is 31.0 Å². The molecule has 1 aromatic rings. The van der Waals surface area contributed by atoms with Crippen LogP contribution in [0.3, 0.4) is 0 Å². The van der Waals surface area contributed by atoms with Crippen molar-refractivity contribution in [3.63, 3.8) is 0 Å². The number of amides is 1. The highest BCUT2D eigenvalue weighted by Crippen LogP contribution is 2.28. The maximum absolute atomic E-state index is 12.1. The fraction of sp³-hybridized carbons (Fsp3) is 0.412. The molecule has 0 aliphatic rings. The summed E-state index contributed by atoms with van der Waals surface area (Å²) in [5, 5.41) is 8.75. The standard InChI is InChI=1S/C17H22N2O3/c1-4-6-14-7-8-15(16(12-14)21-3)22-13-17(20)19(10-5-2)11-9-18/h4,6-8,12H,5,10-11,13H2,1-3H3/b6-4+. The van der Waals surface area contributed by atoms with Gasteiger partial charge in [0.05, 0.1) is 13.2 Å². The number of benzene rings is 1. The molecule has 0 atom stereocenters. The number of methoxy groups -OCH3 is 1. The molecule has 118 valence electrons. The topological polar surface area (TPSA) is 62.6 Å². The number of hydrogen-bond donors (Lipinski definition) is 0. The Labute approximate surface area is 131 Å². The van der Waals surface area contributed by atoms with E-state index in [1.165, 1.54) is 4.90 Å². The van der Waals surface area contributed by atoms with Crippen molar-refractivity contribution in [2.24, 2.45) is 0 Å². The lowest BCUT2D eigenvalue weighted by Gasteiger charge is -2.19. The Morgan fingerprint density at radius 2 is 2.18 bits per heavy atom. The van der Waals surface area contributed by atoms with Crippen molar-refractivity contribution >= 4 is 12.0 Å². The highest BCUT2D eigenvalue weighted by molar-refractivity contribution is 5.78. The Bertz CT molecular complexity index is 562. The Morgan fingerprint density at radius 3 is 2.77 bits per heavy atom. The van der Waals surface area contributed by atoms with Crippen molar-refractivity contribution in [2.75, 3.05) is 26.8 Å². The van der Waals surface area contributed by atoms with Crippen molar-refractivity contribution in [2.45, 2.75) is 20.3 Å². The van der Waals surface area contributed by atoms with Crippen LogP contribution in [0.4, 0.5) is 0 Å². The molecule has 5 nitrogen and oxygen atoms in total. The van der Waals surface area contributed by atoms with Gasteiger partial charge >= 0.3 is 0 Å². The van der Waals surface area contributed by atoms with Gasteiger partial charge in [-0.2, -0.15) is 5.26 Å². The normalized spacial score (nSPS) is 10.3. The van der Waals surface area contributed by atoms with Gasteiger partial charge in [-0.25, -0.2) is 0 Å². The molecule has 1 rings (SSSR count). The quantitative estimate of drug-likeness (QED) is 0.693. The summed E-state index contributed by atoms with van der Waals surface area (Å²) in [6, 6.07) is 7.50. The van der Waals surface area contributed by atoms with Gasteiger partial charge in [-0.15, -0.1) is 0 Å². The van der Waals surface area contributed by atoms with Crippen molar-refractivity contribution in [3.8, 4) is 17.6 Å².